The molecular weight excluding hydrogens is 250 g/mol. The number of benzene rings is 1. The van der Waals surface area contributed by atoms with Gasteiger partial charge in [0, 0.05) is 12.5 Å². The summed E-state index contributed by atoms with van der Waals surface area (Å²) in [4.78, 5) is 2.44. The molecule has 4 nitrogen and oxygen atoms in total. The summed E-state index contributed by atoms with van der Waals surface area (Å²) >= 11 is 0. The number of nitrogens with two attached hydrogens (primary N) is 1. The lowest BCUT2D eigenvalue weighted by Gasteiger charge is -2.31. The van der Waals surface area contributed by atoms with E-state index < -0.39 is 0 Å². The van der Waals surface area contributed by atoms with Gasteiger partial charge in [0.15, 0.2) is 0 Å². The molecular formula is C16H25N3O. The van der Waals surface area contributed by atoms with Crippen LogP contribution in [0.2, 0.25) is 0 Å². The standard InChI is InChI=1S/C16H25N3O/c1-12(2)14-5-3-13(4-6-14)11-19-9-7-15(8-10-19)16(17)18-20/h3-6,12,15,20H,7-11H2,1-2H3,(H2,17,18). The van der Waals surface area contributed by atoms with Gasteiger partial charge in [0.25, 0.3) is 0 Å². The van der Waals surface area contributed by atoms with Crippen molar-refractivity contribution in [1.82, 2.24) is 4.90 Å². The average Bonchev–Trinajstić information content (AvgIpc) is 2.48. The average molecular weight is 275 g/mol. The van der Waals surface area contributed by atoms with Crippen molar-refractivity contribution in [2.45, 2.75) is 39.2 Å². The van der Waals surface area contributed by atoms with Gasteiger partial charge < -0.3 is 10.9 Å². The van der Waals surface area contributed by atoms with E-state index in [9.17, 15) is 0 Å². The second kappa shape index (κ2) is 6.75. The Bertz CT molecular complexity index is 445. The summed E-state index contributed by atoms with van der Waals surface area (Å²) in [5.74, 6) is 1.20. The van der Waals surface area contributed by atoms with Gasteiger partial charge in [-0.25, -0.2) is 0 Å². The minimum atomic E-state index is 0.236. The quantitative estimate of drug-likeness (QED) is 0.384. The van der Waals surface area contributed by atoms with Crippen LogP contribution in [0.5, 0.6) is 0 Å². The molecule has 1 aromatic carbocycles. The van der Waals surface area contributed by atoms with Gasteiger partial charge in [-0.05, 0) is 43.0 Å². The highest BCUT2D eigenvalue weighted by molar-refractivity contribution is 5.82. The summed E-state index contributed by atoms with van der Waals surface area (Å²) in [5, 5.41) is 11.8. The van der Waals surface area contributed by atoms with Gasteiger partial charge in [0.1, 0.15) is 5.84 Å². The molecule has 0 saturated carbocycles. The second-order valence-corrected chi connectivity index (χ2v) is 5.97. The van der Waals surface area contributed by atoms with Crippen molar-refractivity contribution in [3.8, 4) is 0 Å². The number of nitrogens with zero attached hydrogens (tertiary/aromatic N) is 2. The van der Waals surface area contributed by atoms with E-state index in [-0.39, 0.29) is 5.92 Å². The fourth-order valence-electron chi connectivity index (χ4n) is 2.73. The topological polar surface area (TPSA) is 61.8 Å². The highest BCUT2D eigenvalue weighted by atomic mass is 16.4. The maximum Gasteiger partial charge on any atom is 0.142 e. The molecule has 20 heavy (non-hydrogen) atoms. The largest absolute Gasteiger partial charge is 0.409 e. The van der Waals surface area contributed by atoms with Gasteiger partial charge in [-0.1, -0.05) is 43.3 Å². The van der Waals surface area contributed by atoms with Crippen LogP contribution in [0.25, 0.3) is 0 Å². The molecule has 0 unspecified atom stereocenters. The summed E-state index contributed by atoms with van der Waals surface area (Å²) < 4.78 is 0. The van der Waals surface area contributed by atoms with Gasteiger partial charge in [-0.2, -0.15) is 0 Å². The van der Waals surface area contributed by atoms with Gasteiger partial charge >= 0.3 is 0 Å². The Hall–Kier alpha value is -1.55. The molecule has 0 radical (unpaired) electrons. The van der Waals surface area contributed by atoms with Crippen LogP contribution in [0, 0.1) is 5.92 Å². The Morgan fingerprint density at radius 2 is 1.90 bits per heavy atom. The van der Waals surface area contributed by atoms with E-state index in [2.05, 4.69) is 48.2 Å². The Balaban J connectivity index is 1.86. The summed E-state index contributed by atoms with van der Waals surface area (Å²) in [7, 11) is 0. The van der Waals surface area contributed by atoms with E-state index in [1.165, 1.54) is 11.1 Å². The molecule has 1 fully saturated rings. The number of hydrogen-bond donors (Lipinski definition) is 2. The lowest BCUT2D eigenvalue weighted by molar-refractivity contribution is 0.198. The predicted molar refractivity (Wildman–Crippen MR) is 81.9 cm³/mol. The van der Waals surface area contributed by atoms with E-state index >= 15 is 0 Å². The third kappa shape index (κ3) is 3.73. The van der Waals surface area contributed by atoms with Crippen LogP contribution in [0.3, 0.4) is 0 Å². The predicted octanol–water partition coefficient (Wildman–Crippen LogP) is 2.77. The van der Waals surface area contributed by atoms with Crippen molar-refractivity contribution >= 4 is 5.84 Å². The third-order valence-electron chi connectivity index (χ3n) is 4.17. The molecule has 1 aliphatic heterocycles. The number of hydrogen-bond acceptors (Lipinski definition) is 3. The van der Waals surface area contributed by atoms with E-state index in [0.29, 0.717) is 11.8 Å². The van der Waals surface area contributed by atoms with Crippen molar-refractivity contribution < 1.29 is 5.21 Å². The van der Waals surface area contributed by atoms with Crippen LogP contribution in [0.15, 0.2) is 29.4 Å². The zero-order valence-corrected chi connectivity index (χ0v) is 12.4. The van der Waals surface area contributed by atoms with Crippen molar-refractivity contribution in [3.05, 3.63) is 35.4 Å². The molecule has 0 atom stereocenters. The van der Waals surface area contributed by atoms with Gasteiger partial charge in [0.05, 0.1) is 0 Å². The molecule has 0 aliphatic carbocycles. The van der Waals surface area contributed by atoms with Crippen LogP contribution in [-0.4, -0.2) is 29.0 Å². The van der Waals surface area contributed by atoms with Crippen LogP contribution in [0.4, 0.5) is 0 Å². The number of likely N-dealkylation sites (tertiary alicyclic amines) is 1. The zero-order chi connectivity index (χ0) is 14.5. The van der Waals surface area contributed by atoms with E-state index in [4.69, 9.17) is 10.9 Å². The lowest BCUT2D eigenvalue weighted by atomic mass is 9.95. The SMILES string of the molecule is CC(C)c1ccc(CN2CCC(C(N)=NO)CC2)cc1. The van der Waals surface area contributed by atoms with Gasteiger partial charge in [0.2, 0.25) is 0 Å². The number of amidine groups is 1. The van der Waals surface area contributed by atoms with Crippen LogP contribution in [0.1, 0.15) is 43.7 Å². The molecule has 1 aliphatic rings. The Labute approximate surface area is 121 Å². The fraction of sp³-hybridized carbons (Fsp3) is 0.562. The molecule has 1 aromatic rings. The van der Waals surface area contributed by atoms with Crippen LogP contribution < -0.4 is 5.73 Å². The summed E-state index contributed by atoms with van der Waals surface area (Å²) in [5.41, 5.74) is 8.42. The summed E-state index contributed by atoms with van der Waals surface area (Å²) in [6.45, 7) is 7.43. The smallest absolute Gasteiger partial charge is 0.142 e. The van der Waals surface area contributed by atoms with E-state index in [1.54, 1.807) is 0 Å². The minimum Gasteiger partial charge on any atom is -0.409 e. The highest BCUT2D eigenvalue weighted by Gasteiger charge is 2.22. The van der Waals surface area contributed by atoms with Crippen LogP contribution in [-0.2, 0) is 6.54 Å². The third-order valence-corrected chi connectivity index (χ3v) is 4.17. The first-order valence-corrected chi connectivity index (χ1v) is 7.38. The van der Waals surface area contributed by atoms with Crippen molar-refractivity contribution in [2.75, 3.05) is 13.1 Å². The number of rotatable bonds is 4. The maximum absolute atomic E-state index is 8.71. The number of oxime groups is 1. The maximum atomic E-state index is 8.71. The van der Waals surface area contributed by atoms with Crippen molar-refractivity contribution in [3.63, 3.8) is 0 Å². The Kier molecular flexibility index (Phi) is 5.01. The molecule has 0 aromatic heterocycles. The summed E-state index contributed by atoms with van der Waals surface area (Å²) in [6.07, 6.45) is 1.94. The first kappa shape index (κ1) is 14.9. The monoisotopic (exact) mass is 275 g/mol. The first-order chi connectivity index (χ1) is 9.60. The molecule has 0 spiro atoms. The molecule has 4 heteroatoms. The van der Waals surface area contributed by atoms with E-state index in [1.807, 2.05) is 0 Å². The van der Waals surface area contributed by atoms with Gasteiger partial charge in [-0.15, -0.1) is 0 Å². The Morgan fingerprint density at radius 1 is 1.30 bits per heavy atom. The zero-order valence-electron chi connectivity index (χ0n) is 12.4. The molecule has 0 amide bonds. The molecule has 0 bridgehead atoms. The number of piperidine rings is 1. The first-order valence-electron chi connectivity index (χ1n) is 7.38. The fourth-order valence-corrected chi connectivity index (χ4v) is 2.73. The minimum absolute atomic E-state index is 0.236. The molecule has 1 heterocycles. The Morgan fingerprint density at radius 3 is 2.40 bits per heavy atom. The molecule has 1 saturated heterocycles. The lowest BCUT2D eigenvalue weighted by Crippen LogP contribution is -2.38. The van der Waals surface area contributed by atoms with Crippen LogP contribution >= 0.6 is 0 Å². The molecule has 3 N–H and O–H groups in total. The van der Waals surface area contributed by atoms with E-state index in [0.717, 1.165) is 32.5 Å². The van der Waals surface area contributed by atoms with Crippen molar-refractivity contribution in [1.29, 1.82) is 0 Å². The van der Waals surface area contributed by atoms with Crippen molar-refractivity contribution in [2.24, 2.45) is 16.8 Å². The normalized spacial score (nSPS) is 18.6. The molecule has 2 rings (SSSR count). The summed E-state index contributed by atoms with van der Waals surface area (Å²) in [6, 6.07) is 8.91. The second-order valence-electron chi connectivity index (χ2n) is 5.97. The molecule has 110 valence electrons. The highest BCUT2D eigenvalue weighted by Crippen LogP contribution is 2.20. The van der Waals surface area contributed by atoms with Gasteiger partial charge in [-0.3, -0.25) is 4.90 Å².